The van der Waals surface area contributed by atoms with Gasteiger partial charge in [-0.05, 0) is 55.7 Å². The maximum Gasteiger partial charge on any atom is 0.251 e. The number of piperidine rings is 1. The van der Waals surface area contributed by atoms with Crippen molar-refractivity contribution < 1.29 is 18.0 Å². The summed E-state index contributed by atoms with van der Waals surface area (Å²) in [7, 11) is -3.61. The molecule has 0 spiro atoms. The molecule has 2 aromatic rings. The molecule has 0 unspecified atom stereocenters. The minimum atomic E-state index is -3.61. The van der Waals surface area contributed by atoms with Crippen molar-refractivity contribution in [2.45, 2.75) is 37.6 Å². The molecule has 1 aliphatic heterocycles. The molecule has 3 rings (SSSR count). The Morgan fingerprint density at radius 1 is 1.00 bits per heavy atom. The summed E-state index contributed by atoms with van der Waals surface area (Å²) in [6, 6.07) is 13.5. The van der Waals surface area contributed by atoms with E-state index in [0.29, 0.717) is 37.2 Å². The Balaban J connectivity index is 1.60. The zero-order valence-electron chi connectivity index (χ0n) is 16.5. The number of benzene rings is 2. The van der Waals surface area contributed by atoms with Gasteiger partial charge in [0.15, 0.2) is 0 Å². The molecule has 7 nitrogen and oxygen atoms in total. The number of rotatable bonds is 5. The van der Waals surface area contributed by atoms with E-state index in [9.17, 15) is 18.0 Å². The number of sulfonamides is 1. The molecule has 0 aromatic heterocycles. The molecule has 2 aromatic carbocycles. The molecular weight excluding hydrogens is 390 g/mol. The second kappa shape index (κ2) is 8.75. The van der Waals surface area contributed by atoms with Gasteiger partial charge in [0.05, 0.1) is 4.90 Å². The van der Waals surface area contributed by atoms with Gasteiger partial charge in [-0.2, -0.15) is 4.31 Å². The summed E-state index contributed by atoms with van der Waals surface area (Å²) in [6.07, 6.45) is 1.11. The lowest BCUT2D eigenvalue weighted by Gasteiger charge is -2.31. The van der Waals surface area contributed by atoms with Crippen LogP contribution in [0.1, 0.15) is 35.7 Å². The van der Waals surface area contributed by atoms with Crippen LogP contribution in [0.4, 0.5) is 5.69 Å². The lowest BCUT2D eigenvalue weighted by molar-refractivity contribution is -0.114. The maximum atomic E-state index is 12.9. The van der Waals surface area contributed by atoms with Crippen LogP contribution >= 0.6 is 0 Å². The number of carbonyl (C=O) groups excluding carboxylic acids is 2. The minimum Gasteiger partial charge on any atom is -0.349 e. The van der Waals surface area contributed by atoms with Gasteiger partial charge in [0.25, 0.3) is 5.91 Å². The van der Waals surface area contributed by atoms with E-state index in [1.165, 1.54) is 23.4 Å². The molecule has 2 amide bonds. The zero-order valence-corrected chi connectivity index (χ0v) is 17.3. The summed E-state index contributed by atoms with van der Waals surface area (Å²) in [5.74, 6) is -0.339. The molecule has 1 saturated heterocycles. The Morgan fingerprint density at radius 3 is 2.21 bits per heavy atom. The third-order valence-corrected chi connectivity index (χ3v) is 6.90. The fourth-order valence-electron chi connectivity index (χ4n) is 3.39. The van der Waals surface area contributed by atoms with Gasteiger partial charge in [0.1, 0.15) is 0 Å². The Morgan fingerprint density at radius 2 is 1.62 bits per heavy atom. The van der Waals surface area contributed by atoms with Gasteiger partial charge in [0.2, 0.25) is 15.9 Å². The van der Waals surface area contributed by atoms with Gasteiger partial charge in [-0.25, -0.2) is 8.42 Å². The fourth-order valence-corrected chi connectivity index (χ4v) is 4.86. The van der Waals surface area contributed by atoms with Crippen molar-refractivity contribution >= 4 is 27.5 Å². The molecule has 1 fully saturated rings. The van der Waals surface area contributed by atoms with Crippen LogP contribution in [-0.4, -0.2) is 43.7 Å². The monoisotopic (exact) mass is 415 g/mol. The molecule has 2 N–H and O–H groups in total. The van der Waals surface area contributed by atoms with Crippen LogP contribution in [0.3, 0.4) is 0 Å². The predicted octanol–water partition coefficient (Wildman–Crippen LogP) is 2.54. The number of aryl methyl sites for hydroxylation is 1. The molecule has 0 aliphatic carbocycles. The van der Waals surface area contributed by atoms with Crippen molar-refractivity contribution in [3.63, 3.8) is 0 Å². The van der Waals surface area contributed by atoms with Crippen molar-refractivity contribution in [3.05, 3.63) is 59.7 Å². The van der Waals surface area contributed by atoms with Gasteiger partial charge >= 0.3 is 0 Å². The topological polar surface area (TPSA) is 95.6 Å². The molecule has 1 aliphatic rings. The molecule has 0 saturated carbocycles. The number of hydrogen-bond donors (Lipinski definition) is 2. The SMILES string of the molecule is CC(=O)Nc1ccc(S(=O)(=O)N2CCC(NC(=O)c3ccccc3C)CC2)cc1. The van der Waals surface area contributed by atoms with E-state index in [2.05, 4.69) is 10.6 Å². The highest BCUT2D eigenvalue weighted by Crippen LogP contribution is 2.22. The Bertz CT molecular complexity index is 995. The maximum absolute atomic E-state index is 12.9. The minimum absolute atomic E-state index is 0.0595. The Hall–Kier alpha value is -2.71. The smallest absolute Gasteiger partial charge is 0.251 e. The fraction of sp³-hybridized carbons (Fsp3) is 0.333. The first-order chi connectivity index (χ1) is 13.8. The third kappa shape index (κ3) is 5.02. The molecule has 0 bridgehead atoms. The van der Waals surface area contributed by atoms with Crippen molar-refractivity contribution in [2.75, 3.05) is 18.4 Å². The summed E-state index contributed by atoms with van der Waals surface area (Å²) < 4.78 is 27.2. The van der Waals surface area contributed by atoms with E-state index in [1.807, 2.05) is 25.1 Å². The van der Waals surface area contributed by atoms with Crippen molar-refractivity contribution in [1.29, 1.82) is 0 Å². The summed E-state index contributed by atoms with van der Waals surface area (Å²) in [4.78, 5) is 23.7. The standard InChI is InChI=1S/C21H25N3O4S/c1-15-5-3-4-6-20(15)21(26)23-18-11-13-24(14-12-18)29(27,28)19-9-7-17(8-10-19)22-16(2)25/h3-10,18H,11-14H2,1-2H3,(H,22,25)(H,23,26). The summed E-state index contributed by atoms with van der Waals surface area (Å²) in [5.41, 5.74) is 2.10. The normalized spacial score (nSPS) is 15.7. The molecule has 1 heterocycles. The van der Waals surface area contributed by atoms with Crippen LogP contribution in [0.25, 0.3) is 0 Å². The van der Waals surface area contributed by atoms with Gasteiger partial charge in [-0.3, -0.25) is 9.59 Å². The first kappa shape index (κ1) is 21.0. The lowest BCUT2D eigenvalue weighted by Crippen LogP contribution is -2.46. The van der Waals surface area contributed by atoms with Crippen LogP contribution in [0.5, 0.6) is 0 Å². The van der Waals surface area contributed by atoms with E-state index in [1.54, 1.807) is 18.2 Å². The van der Waals surface area contributed by atoms with Gasteiger partial charge < -0.3 is 10.6 Å². The highest BCUT2D eigenvalue weighted by molar-refractivity contribution is 7.89. The molecular formula is C21H25N3O4S. The van der Waals surface area contributed by atoms with E-state index >= 15 is 0 Å². The van der Waals surface area contributed by atoms with Crippen LogP contribution in [0.15, 0.2) is 53.4 Å². The van der Waals surface area contributed by atoms with E-state index in [4.69, 9.17) is 0 Å². The number of carbonyl (C=O) groups is 2. The number of hydrogen-bond acceptors (Lipinski definition) is 4. The van der Waals surface area contributed by atoms with Crippen LogP contribution in [0.2, 0.25) is 0 Å². The van der Waals surface area contributed by atoms with E-state index in [0.717, 1.165) is 5.56 Å². The van der Waals surface area contributed by atoms with Crippen molar-refractivity contribution in [1.82, 2.24) is 9.62 Å². The lowest BCUT2D eigenvalue weighted by atomic mass is 10.0. The van der Waals surface area contributed by atoms with Crippen LogP contribution in [-0.2, 0) is 14.8 Å². The Labute approximate surface area is 171 Å². The average molecular weight is 416 g/mol. The quantitative estimate of drug-likeness (QED) is 0.784. The number of anilines is 1. The number of amides is 2. The van der Waals surface area contributed by atoms with Crippen molar-refractivity contribution in [3.8, 4) is 0 Å². The summed E-state index contributed by atoms with van der Waals surface area (Å²) >= 11 is 0. The highest BCUT2D eigenvalue weighted by atomic mass is 32.2. The highest BCUT2D eigenvalue weighted by Gasteiger charge is 2.30. The third-order valence-electron chi connectivity index (χ3n) is 4.99. The predicted molar refractivity (Wildman–Crippen MR) is 111 cm³/mol. The molecule has 0 atom stereocenters. The molecule has 29 heavy (non-hydrogen) atoms. The Kier molecular flexibility index (Phi) is 6.34. The van der Waals surface area contributed by atoms with E-state index in [-0.39, 0.29) is 22.8 Å². The van der Waals surface area contributed by atoms with Gasteiger partial charge in [0, 0.05) is 37.3 Å². The molecule has 8 heteroatoms. The van der Waals surface area contributed by atoms with Gasteiger partial charge in [-0.15, -0.1) is 0 Å². The molecule has 154 valence electrons. The second-order valence-electron chi connectivity index (χ2n) is 7.17. The second-order valence-corrected chi connectivity index (χ2v) is 9.11. The van der Waals surface area contributed by atoms with E-state index < -0.39 is 10.0 Å². The number of nitrogens with one attached hydrogen (secondary N) is 2. The first-order valence-corrected chi connectivity index (χ1v) is 11.0. The first-order valence-electron chi connectivity index (χ1n) is 9.51. The average Bonchev–Trinajstić information content (AvgIpc) is 2.68. The van der Waals surface area contributed by atoms with Crippen LogP contribution < -0.4 is 10.6 Å². The zero-order chi connectivity index (χ0) is 21.0. The largest absolute Gasteiger partial charge is 0.349 e. The number of nitrogens with zero attached hydrogens (tertiary/aromatic N) is 1. The molecule has 0 radical (unpaired) electrons. The van der Waals surface area contributed by atoms with Gasteiger partial charge in [-0.1, -0.05) is 18.2 Å². The summed E-state index contributed by atoms with van der Waals surface area (Å²) in [5, 5.41) is 5.63. The van der Waals surface area contributed by atoms with Crippen molar-refractivity contribution in [2.24, 2.45) is 0 Å². The van der Waals surface area contributed by atoms with Crippen LogP contribution in [0, 0.1) is 6.92 Å². The summed E-state index contributed by atoms with van der Waals surface area (Å²) in [6.45, 7) is 3.97.